The molecule has 1 aliphatic heterocycles. The average molecular weight is 464 g/mol. The molecule has 0 radical (unpaired) electrons. The molecule has 5 nitrogen and oxygen atoms in total. The van der Waals surface area contributed by atoms with Crippen molar-refractivity contribution >= 4 is 34.9 Å². The van der Waals surface area contributed by atoms with Gasteiger partial charge in [0, 0.05) is 47.2 Å². The summed E-state index contributed by atoms with van der Waals surface area (Å²) >= 11 is 1.79. The van der Waals surface area contributed by atoms with Gasteiger partial charge < -0.3 is 14.8 Å². The minimum atomic E-state index is -0.0827. The summed E-state index contributed by atoms with van der Waals surface area (Å²) < 4.78 is 0. The molecule has 1 fully saturated rings. The summed E-state index contributed by atoms with van der Waals surface area (Å²) in [7, 11) is 1.82. The molecular formula is C27H33N3O2S. The van der Waals surface area contributed by atoms with Crippen molar-refractivity contribution in [3.05, 3.63) is 65.4 Å². The lowest BCUT2D eigenvalue weighted by Gasteiger charge is -2.25. The number of amides is 1. The van der Waals surface area contributed by atoms with Crippen LogP contribution in [-0.2, 0) is 6.42 Å². The average Bonchev–Trinajstić information content (AvgIpc) is 3.47. The number of unbranched alkanes of at least 4 members (excludes halogenated alkanes) is 1. The minimum Gasteiger partial charge on any atom is -0.361 e. The van der Waals surface area contributed by atoms with Gasteiger partial charge in [0.05, 0.1) is 5.56 Å². The normalized spacial score (nSPS) is 16.4. The zero-order valence-electron chi connectivity index (χ0n) is 19.5. The van der Waals surface area contributed by atoms with Gasteiger partial charge in [-0.3, -0.25) is 9.59 Å². The van der Waals surface area contributed by atoms with Crippen molar-refractivity contribution in [2.45, 2.75) is 43.0 Å². The van der Waals surface area contributed by atoms with E-state index in [1.165, 1.54) is 34.2 Å². The van der Waals surface area contributed by atoms with Crippen molar-refractivity contribution in [3.63, 3.8) is 0 Å². The first-order valence-electron chi connectivity index (χ1n) is 11.8. The van der Waals surface area contributed by atoms with Crippen molar-refractivity contribution < 1.29 is 9.59 Å². The third kappa shape index (κ3) is 5.50. The number of H-pyrrole nitrogens is 1. The highest BCUT2D eigenvalue weighted by atomic mass is 32.2. The Labute approximate surface area is 200 Å². The van der Waals surface area contributed by atoms with Gasteiger partial charge in [-0.2, -0.15) is 0 Å². The Morgan fingerprint density at radius 1 is 1.24 bits per heavy atom. The first-order valence-corrected chi connectivity index (χ1v) is 13.0. The summed E-state index contributed by atoms with van der Waals surface area (Å²) in [5, 5.41) is 1.35. The van der Waals surface area contributed by atoms with Crippen molar-refractivity contribution in [1.82, 2.24) is 14.8 Å². The van der Waals surface area contributed by atoms with Crippen LogP contribution < -0.4 is 0 Å². The predicted octanol–water partition coefficient (Wildman–Crippen LogP) is 5.26. The predicted molar refractivity (Wildman–Crippen MR) is 136 cm³/mol. The van der Waals surface area contributed by atoms with Crippen molar-refractivity contribution in [2.75, 3.05) is 32.9 Å². The van der Waals surface area contributed by atoms with Gasteiger partial charge in [-0.15, -0.1) is 11.8 Å². The number of aromatic nitrogens is 1. The van der Waals surface area contributed by atoms with Crippen LogP contribution in [0.25, 0.3) is 10.9 Å². The molecule has 1 amide bonds. The highest BCUT2D eigenvalue weighted by molar-refractivity contribution is 7.98. The van der Waals surface area contributed by atoms with E-state index in [4.69, 9.17) is 0 Å². The van der Waals surface area contributed by atoms with Crippen molar-refractivity contribution in [2.24, 2.45) is 0 Å². The number of nitrogens with zero attached hydrogens (tertiary/aromatic N) is 2. The van der Waals surface area contributed by atoms with E-state index >= 15 is 0 Å². The van der Waals surface area contributed by atoms with Crippen LogP contribution in [0.1, 0.15) is 52.0 Å². The molecule has 2 heterocycles. The molecule has 0 spiro atoms. The van der Waals surface area contributed by atoms with Crippen LogP contribution in [0.15, 0.2) is 53.6 Å². The summed E-state index contributed by atoms with van der Waals surface area (Å²) in [4.78, 5) is 33.0. The number of rotatable bonds is 10. The second kappa shape index (κ2) is 11.0. The lowest BCUT2D eigenvalue weighted by molar-refractivity contribution is 0.0788. The van der Waals surface area contributed by atoms with Crippen LogP contribution in [0.4, 0.5) is 0 Å². The molecule has 1 N–H and O–H groups in total. The largest absolute Gasteiger partial charge is 0.361 e. The van der Waals surface area contributed by atoms with Crippen molar-refractivity contribution in [3.8, 4) is 0 Å². The summed E-state index contributed by atoms with van der Waals surface area (Å²) in [6, 6.07) is 14.3. The van der Waals surface area contributed by atoms with Crippen LogP contribution in [0.5, 0.6) is 0 Å². The van der Waals surface area contributed by atoms with Crippen molar-refractivity contribution in [1.29, 1.82) is 0 Å². The van der Waals surface area contributed by atoms with Crippen LogP contribution >= 0.6 is 11.8 Å². The monoisotopic (exact) mass is 463 g/mol. The van der Waals surface area contributed by atoms with Crippen LogP contribution in [0.2, 0.25) is 0 Å². The summed E-state index contributed by atoms with van der Waals surface area (Å²) in [6.07, 6.45) is 10.7. The van der Waals surface area contributed by atoms with Gasteiger partial charge in [0.1, 0.15) is 0 Å². The fourth-order valence-electron chi connectivity index (χ4n) is 4.89. The molecule has 3 aromatic rings. The van der Waals surface area contributed by atoms with Crippen LogP contribution in [0.3, 0.4) is 0 Å². The smallest absolute Gasteiger partial charge is 0.254 e. The summed E-state index contributed by atoms with van der Waals surface area (Å²) in [5.41, 5.74) is 3.57. The van der Waals surface area contributed by atoms with E-state index in [2.05, 4.69) is 40.5 Å². The number of fused-ring (bicyclic) bond motifs is 1. The highest BCUT2D eigenvalue weighted by Crippen LogP contribution is 2.28. The maximum atomic E-state index is 12.7. The number of hydrogen-bond donors (Lipinski definition) is 1. The molecule has 0 saturated carbocycles. The molecule has 2 aromatic carbocycles. The molecule has 33 heavy (non-hydrogen) atoms. The van der Waals surface area contributed by atoms with Gasteiger partial charge in [-0.1, -0.05) is 18.2 Å². The van der Waals surface area contributed by atoms with E-state index in [1.54, 1.807) is 40.9 Å². The zero-order chi connectivity index (χ0) is 23.2. The molecule has 1 aromatic heterocycles. The fourth-order valence-corrected chi connectivity index (χ4v) is 5.33. The topological polar surface area (TPSA) is 56.4 Å². The second-order valence-electron chi connectivity index (χ2n) is 8.90. The molecule has 0 bridgehead atoms. The molecule has 1 unspecified atom stereocenters. The van der Waals surface area contributed by atoms with Gasteiger partial charge in [-0.25, -0.2) is 0 Å². The number of hydrogen-bond acceptors (Lipinski definition) is 4. The van der Waals surface area contributed by atoms with Gasteiger partial charge in [-0.05, 0) is 81.3 Å². The summed E-state index contributed by atoms with van der Waals surface area (Å²) in [6.45, 7) is 2.92. The van der Waals surface area contributed by atoms with E-state index < -0.39 is 0 Å². The Kier molecular flexibility index (Phi) is 7.89. The standard InChI is InChI=1S/C27H33N3O2S/c1-29(27(32)24-10-4-3-8-20(24)19-31)13-5-6-14-30-15-7-9-22(30)16-21-18-28-26-12-11-23(33-2)17-25(21)26/h3-4,8,10-12,17-19,22,28H,5-7,9,13-16H2,1-2H3. The molecule has 174 valence electrons. The number of benzene rings is 2. The lowest BCUT2D eigenvalue weighted by Crippen LogP contribution is -2.33. The van der Waals surface area contributed by atoms with Gasteiger partial charge in [0.25, 0.3) is 5.91 Å². The minimum absolute atomic E-state index is 0.0827. The van der Waals surface area contributed by atoms with E-state index in [0.717, 1.165) is 38.6 Å². The summed E-state index contributed by atoms with van der Waals surface area (Å²) in [5.74, 6) is -0.0827. The molecule has 1 aliphatic rings. The second-order valence-corrected chi connectivity index (χ2v) is 9.78. The quantitative estimate of drug-likeness (QED) is 0.253. The number of aromatic amines is 1. The van der Waals surface area contributed by atoms with E-state index in [-0.39, 0.29) is 5.91 Å². The first-order chi connectivity index (χ1) is 16.1. The molecule has 4 rings (SSSR count). The number of carbonyl (C=O) groups is 2. The SMILES string of the molecule is CSc1ccc2[nH]cc(CC3CCCN3CCCCN(C)C(=O)c3ccccc3C=O)c2c1. The Morgan fingerprint density at radius 3 is 2.91 bits per heavy atom. The lowest BCUT2D eigenvalue weighted by atomic mass is 10.0. The molecule has 0 aliphatic carbocycles. The van der Waals surface area contributed by atoms with Crippen LogP contribution in [0, 0.1) is 0 Å². The molecule has 1 atom stereocenters. The van der Waals surface area contributed by atoms with E-state index in [9.17, 15) is 9.59 Å². The van der Waals surface area contributed by atoms with Gasteiger partial charge in [0.2, 0.25) is 0 Å². The highest BCUT2D eigenvalue weighted by Gasteiger charge is 2.25. The van der Waals surface area contributed by atoms with E-state index in [0.29, 0.717) is 23.7 Å². The maximum Gasteiger partial charge on any atom is 0.254 e. The zero-order valence-corrected chi connectivity index (χ0v) is 20.4. The number of aldehydes is 1. The maximum absolute atomic E-state index is 12.7. The number of thioether (sulfide) groups is 1. The van der Waals surface area contributed by atoms with Gasteiger partial charge in [0.15, 0.2) is 6.29 Å². The Balaban J connectivity index is 1.28. The van der Waals surface area contributed by atoms with Gasteiger partial charge >= 0.3 is 0 Å². The third-order valence-corrected chi connectivity index (χ3v) is 7.51. The fraction of sp³-hybridized carbons (Fsp3) is 0.407. The number of likely N-dealkylation sites (tertiary alicyclic amines) is 1. The Morgan fingerprint density at radius 2 is 2.09 bits per heavy atom. The van der Waals surface area contributed by atoms with E-state index in [1.807, 2.05) is 7.05 Å². The third-order valence-electron chi connectivity index (χ3n) is 6.78. The first kappa shape index (κ1) is 23.6. The molecule has 1 saturated heterocycles. The molecular weight excluding hydrogens is 430 g/mol. The molecule has 6 heteroatoms. The number of nitrogens with one attached hydrogen (secondary N) is 1. The Bertz CT molecular complexity index is 1110. The number of carbonyl (C=O) groups excluding carboxylic acids is 2. The van der Waals surface area contributed by atoms with Crippen LogP contribution in [-0.4, -0.2) is 66.0 Å². The Hall–Kier alpha value is -2.57.